The Morgan fingerprint density at radius 1 is 1.42 bits per heavy atom. The third-order valence-corrected chi connectivity index (χ3v) is 3.90. The van der Waals surface area contributed by atoms with Crippen molar-refractivity contribution in [2.75, 3.05) is 0 Å². The summed E-state index contributed by atoms with van der Waals surface area (Å²) in [6.07, 6.45) is 9.20. The molecule has 2 rings (SSSR count). The quantitative estimate of drug-likeness (QED) is 0.811. The van der Waals surface area contributed by atoms with Crippen LogP contribution >= 0.6 is 0 Å². The number of nitrogens with two attached hydrogens (primary N) is 1. The van der Waals surface area contributed by atoms with Gasteiger partial charge in [0.15, 0.2) is 0 Å². The Morgan fingerprint density at radius 3 is 2.53 bits per heavy atom. The first kappa shape index (κ1) is 14.1. The maximum absolute atomic E-state index is 11.7. The van der Waals surface area contributed by atoms with Crippen LogP contribution in [-0.2, 0) is 11.8 Å². The summed E-state index contributed by atoms with van der Waals surface area (Å²) >= 11 is 0. The molecule has 3 N–H and O–H groups in total. The minimum absolute atomic E-state index is 0.319. The van der Waals surface area contributed by atoms with E-state index in [2.05, 4.69) is 10.4 Å². The van der Waals surface area contributed by atoms with Gasteiger partial charge in [-0.15, -0.1) is 0 Å². The molecule has 1 saturated carbocycles. The number of carbonyl (C=O) groups is 1. The van der Waals surface area contributed by atoms with Crippen LogP contribution in [0.25, 0.3) is 0 Å². The molecular formula is C14H24N4O. The van der Waals surface area contributed by atoms with Crippen LogP contribution in [0.4, 0.5) is 0 Å². The number of carbonyl (C=O) groups excluding carboxylic acids is 1. The number of hydrogen-bond acceptors (Lipinski definition) is 3. The Kier molecular flexibility index (Phi) is 4.58. The molecule has 1 aromatic rings. The Morgan fingerprint density at radius 2 is 2.05 bits per heavy atom. The monoisotopic (exact) mass is 264 g/mol. The minimum Gasteiger partial charge on any atom is -0.368 e. The fourth-order valence-corrected chi connectivity index (χ4v) is 2.91. The second kappa shape index (κ2) is 6.19. The molecule has 1 aliphatic carbocycles. The van der Waals surface area contributed by atoms with Crippen molar-refractivity contribution in [3.8, 4) is 0 Å². The molecule has 0 saturated heterocycles. The molecule has 1 heterocycles. The molecule has 5 nitrogen and oxygen atoms in total. The Labute approximate surface area is 114 Å². The summed E-state index contributed by atoms with van der Waals surface area (Å²) in [7, 11) is 1.86. The van der Waals surface area contributed by atoms with Gasteiger partial charge in [0, 0.05) is 24.8 Å². The van der Waals surface area contributed by atoms with Crippen molar-refractivity contribution in [2.24, 2.45) is 12.8 Å². The van der Waals surface area contributed by atoms with Crippen LogP contribution < -0.4 is 11.1 Å². The zero-order chi connectivity index (χ0) is 13.8. The first-order chi connectivity index (χ1) is 9.08. The molecule has 5 heteroatoms. The third-order valence-electron chi connectivity index (χ3n) is 3.90. The summed E-state index contributed by atoms with van der Waals surface area (Å²) in [5, 5.41) is 7.73. The molecule has 106 valence electrons. The van der Waals surface area contributed by atoms with E-state index in [1.807, 2.05) is 20.2 Å². The zero-order valence-electron chi connectivity index (χ0n) is 11.9. The molecule has 19 heavy (non-hydrogen) atoms. The van der Waals surface area contributed by atoms with Gasteiger partial charge in [-0.1, -0.05) is 25.7 Å². The van der Waals surface area contributed by atoms with Crippen LogP contribution in [0.1, 0.15) is 55.8 Å². The molecular weight excluding hydrogens is 240 g/mol. The predicted octanol–water partition coefficient (Wildman–Crippen LogP) is 1.57. The highest BCUT2D eigenvalue weighted by molar-refractivity contribution is 5.81. The van der Waals surface area contributed by atoms with Gasteiger partial charge in [0.2, 0.25) is 5.91 Å². The molecule has 1 unspecified atom stereocenters. The second-order valence-electron chi connectivity index (χ2n) is 5.53. The fourth-order valence-electron chi connectivity index (χ4n) is 2.91. The normalized spacial score (nSPS) is 19.1. The van der Waals surface area contributed by atoms with E-state index >= 15 is 0 Å². The number of aromatic nitrogens is 2. The lowest BCUT2D eigenvalue weighted by atomic mass is 10.0. The highest BCUT2D eigenvalue weighted by Gasteiger charge is 2.25. The molecule has 0 aliphatic heterocycles. The van der Waals surface area contributed by atoms with E-state index in [0.717, 1.165) is 24.1 Å². The molecule has 0 radical (unpaired) electrons. The van der Waals surface area contributed by atoms with E-state index in [1.165, 1.54) is 25.7 Å². The van der Waals surface area contributed by atoms with Crippen LogP contribution in [0.5, 0.6) is 0 Å². The van der Waals surface area contributed by atoms with Crippen LogP contribution in [0.15, 0.2) is 6.20 Å². The van der Waals surface area contributed by atoms with E-state index in [4.69, 9.17) is 5.73 Å². The SMILES string of the molecule is Cc1nn(C)cc1C(NC1CCCCCC1)C(N)=O. The van der Waals surface area contributed by atoms with Crippen molar-refractivity contribution < 1.29 is 4.79 Å². The van der Waals surface area contributed by atoms with Crippen LogP contribution in [0, 0.1) is 6.92 Å². The predicted molar refractivity (Wildman–Crippen MR) is 74.5 cm³/mol. The summed E-state index contributed by atoms with van der Waals surface area (Å²) in [4.78, 5) is 11.7. The largest absolute Gasteiger partial charge is 0.368 e. The number of amides is 1. The van der Waals surface area contributed by atoms with Gasteiger partial charge in [-0.25, -0.2) is 0 Å². The molecule has 1 amide bonds. The van der Waals surface area contributed by atoms with Crippen LogP contribution in [-0.4, -0.2) is 21.7 Å². The average molecular weight is 264 g/mol. The number of nitrogens with one attached hydrogen (secondary N) is 1. The zero-order valence-corrected chi connectivity index (χ0v) is 11.9. The molecule has 1 fully saturated rings. The maximum Gasteiger partial charge on any atom is 0.239 e. The maximum atomic E-state index is 11.7. The van der Waals surface area contributed by atoms with Gasteiger partial charge in [0.1, 0.15) is 6.04 Å². The van der Waals surface area contributed by atoms with Crippen molar-refractivity contribution in [3.63, 3.8) is 0 Å². The van der Waals surface area contributed by atoms with E-state index in [1.54, 1.807) is 4.68 Å². The molecule has 0 spiro atoms. The molecule has 1 atom stereocenters. The molecule has 1 aromatic heterocycles. The third kappa shape index (κ3) is 3.56. The fraction of sp³-hybridized carbons (Fsp3) is 0.714. The Bertz CT molecular complexity index is 433. The summed E-state index contributed by atoms with van der Waals surface area (Å²) in [5.74, 6) is -0.319. The smallest absolute Gasteiger partial charge is 0.239 e. The lowest BCUT2D eigenvalue weighted by molar-refractivity contribution is -0.120. The minimum atomic E-state index is -0.420. The highest BCUT2D eigenvalue weighted by Crippen LogP contribution is 2.22. The van der Waals surface area contributed by atoms with Crippen LogP contribution in [0.3, 0.4) is 0 Å². The van der Waals surface area contributed by atoms with Gasteiger partial charge >= 0.3 is 0 Å². The topological polar surface area (TPSA) is 72.9 Å². The Balaban J connectivity index is 2.11. The van der Waals surface area contributed by atoms with E-state index in [9.17, 15) is 4.79 Å². The summed E-state index contributed by atoms with van der Waals surface area (Å²) in [6, 6.07) is -0.0311. The standard InChI is InChI=1S/C14H24N4O/c1-10-12(9-18(2)17-10)13(14(15)19)16-11-7-5-3-4-6-8-11/h9,11,13,16H,3-8H2,1-2H3,(H2,15,19). The average Bonchev–Trinajstić information content (AvgIpc) is 2.56. The van der Waals surface area contributed by atoms with Gasteiger partial charge in [-0.05, 0) is 19.8 Å². The number of primary amides is 1. The van der Waals surface area contributed by atoms with Crippen molar-refractivity contribution >= 4 is 5.91 Å². The van der Waals surface area contributed by atoms with Gasteiger partial charge in [0.05, 0.1) is 5.69 Å². The number of nitrogens with zero attached hydrogens (tertiary/aromatic N) is 2. The first-order valence-electron chi connectivity index (χ1n) is 7.13. The summed E-state index contributed by atoms with van der Waals surface area (Å²) < 4.78 is 1.73. The van der Waals surface area contributed by atoms with Crippen molar-refractivity contribution in [1.29, 1.82) is 0 Å². The lowest BCUT2D eigenvalue weighted by Crippen LogP contribution is -2.40. The van der Waals surface area contributed by atoms with Crippen molar-refractivity contribution in [2.45, 2.75) is 57.5 Å². The van der Waals surface area contributed by atoms with E-state index in [0.29, 0.717) is 6.04 Å². The molecule has 0 bridgehead atoms. The van der Waals surface area contributed by atoms with E-state index < -0.39 is 6.04 Å². The summed E-state index contributed by atoms with van der Waals surface area (Å²) in [6.45, 7) is 1.92. The van der Waals surface area contributed by atoms with Gasteiger partial charge in [-0.2, -0.15) is 5.10 Å². The first-order valence-corrected chi connectivity index (χ1v) is 7.13. The number of hydrogen-bond donors (Lipinski definition) is 2. The Hall–Kier alpha value is -1.36. The molecule has 0 aromatic carbocycles. The highest BCUT2D eigenvalue weighted by atomic mass is 16.1. The van der Waals surface area contributed by atoms with Crippen molar-refractivity contribution in [3.05, 3.63) is 17.5 Å². The van der Waals surface area contributed by atoms with Gasteiger partial charge < -0.3 is 5.73 Å². The second-order valence-corrected chi connectivity index (χ2v) is 5.53. The lowest BCUT2D eigenvalue weighted by Gasteiger charge is -2.22. The number of aryl methyl sites for hydroxylation is 2. The van der Waals surface area contributed by atoms with E-state index in [-0.39, 0.29) is 5.91 Å². The number of rotatable bonds is 4. The van der Waals surface area contributed by atoms with Crippen LogP contribution in [0.2, 0.25) is 0 Å². The van der Waals surface area contributed by atoms with Gasteiger partial charge in [-0.3, -0.25) is 14.8 Å². The summed E-state index contributed by atoms with van der Waals surface area (Å²) in [5.41, 5.74) is 7.33. The van der Waals surface area contributed by atoms with Crippen molar-refractivity contribution in [1.82, 2.24) is 15.1 Å². The van der Waals surface area contributed by atoms with Gasteiger partial charge in [0.25, 0.3) is 0 Å². The molecule has 1 aliphatic rings.